The predicted molar refractivity (Wildman–Crippen MR) is 93.4 cm³/mol. The normalized spacial score (nSPS) is 20.5. The quantitative estimate of drug-likeness (QED) is 0.782. The van der Waals surface area contributed by atoms with Gasteiger partial charge >= 0.3 is 0 Å². The van der Waals surface area contributed by atoms with Gasteiger partial charge < -0.3 is 19.3 Å². The van der Waals surface area contributed by atoms with Gasteiger partial charge in [-0.1, -0.05) is 6.07 Å². The molecule has 138 valence electrons. The van der Waals surface area contributed by atoms with Crippen LogP contribution >= 0.6 is 0 Å². The highest BCUT2D eigenvalue weighted by molar-refractivity contribution is 5.95. The van der Waals surface area contributed by atoms with Crippen LogP contribution in [0.4, 0.5) is 0 Å². The van der Waals surface area contributed by atoms with Gasteiger partial charge in [-0.3, -0.25) is 9.59 Å². The van der Waals surface area contributed by atoms with Gasteiger partial charge in [0.2, 0.25) is 5.91 Å². The summed E-state index contributed by atoms with van der Waals surface area (Å²) in [7, 11) is 3.39. The lowest BCUT2D eigenvalue weighted by molar-refractivity contribution is -0.141. The Morgan fingerprint density at radius 1 is 1.42 bits per heavy atom. The number of likely N-dealkylation sites (N-methyl/N-ethyl adjacent to an activating group) is 1. The average Bonchev–Trinajstić information content (AvgIpc) is 3.03. The number of amides is 2. The van der Waals surface area contributed by atoms with Gasteiger partial charge in [-0.15, -0.1) is 0 Å². The molecule has 26 heavy (non-hydrogen) atoms. The van der Waals surface area contributed by atoms with E-state index in [0.717, 1.165) is 6.42 Å². The molecule has 2 aliphatic heterocycles. The first-order chi connectivity index (χ1) is 12.4. The molecular weight excluding hydrogens is 334 g/mol. The van der Waals surface area contributed by atoms with E-state index in [0.29, 0.717) is 37.4 Å². The topological polar surface area (TPSA) is 82.9 Å². The molecule has 1 spiro atoms. The standard InChI is InChI=1S/C19H23N3O4/c1-21(2)17(23)11-25-10-16-6-7-26-19(16)12-22(13-19)18(24)15-5-3-4-14(8-15)9-20/h3-5,8,16H,6-7,10-13H2,1-2H3/t16-/m1/s1. The van der Waals surface area contributed by atoms with Gasteiger partial charge in [0, 0.05) is 32.2 Å². The van der Waals surface area contributed by atoms with Gasteiger partial charge in [0.15, 0.2) is 0 Å². The summed E-state index contributed by atoms with van der Waals surface area (Å²) in [4.78, 5) is 27.4. The minimum atomic E-state index is -0.371. The van der Waals surface area contributed by atoms with Gasteiger partial charge in [0.1, 0.15) is 12.2 Å². The molecule has 1 atom stereocenters. The Morgan fingerprint density at radius 3 is 2.88 bits per heavy atom. The maximum atomic E-state index is 12.6. The first-order valence-electron chi connectivity index (χ1n) is 8.66. The molecule has 2 heterocycles. The van der Waals surface area contributed by atoms with Crippen molar-refractivity contribution in [2.24, 2.45) is 5.92 Å². The van der Waals surface area contributed by atoms with Gasteiger partial charge in [-0.2, -0.15) is 5.26 Å². The van der Waals surface area contributed by atoms with E-state index in [-0.39, 0.29) is 29.9 Å². The third-order valence-corrected chi connectivity index (χ3v) is 5.09. The number of rotatable bonds is 5. The summed E-state index contributed by atoms with van der Waals surface area (Å²) in [5, 5.41) is 8.98. The Balaban J connectivity index is 1.55. The summed E-state index contributed by atoms with van der Waals surface area (Å²) in [6.45, 7) is 2.17. The molecular formula is C19H23N3O4. The van der Waals surface area contributed by atoms with Crippen molar-refractivity contribution in [1.82, 2.24) is 9.80 Å². The highest BCUT2D eigenvalue weighted by atomic mass is 16.5. The molecule has 3 rings (SSSR count). The van der Waals surface area contributed by atoms with Crippen LogP contribution in [0.2, 0.25) is 0 Å². The van der Waals surface area contributed by atoms with E-state index in [4.69, 9.17) is 14.7 Å². The minimum Gasteiger partial charge on any atom is -0.371 e. The van der Waals surface area contributed by atoms with E-state index >= 15 is 0 Å². The fraction of sp³-hybridized carbons (Fsp3) is 0.526. The van der Waals surface area contributed by atoms with Crippen LogP contribution < -0.4 is 0 Å². The molecule has 1 aromatic carbocycles. The average molecular weight is 357 g/mol. The molecule has 0 unspecified atom stereocenters. The van der Waals surface area contributed by atoms with Crippen LogP contribution in [0, 0.1) is 17.2 Å². The molecule has 0 N–H and O–H groups in total. The van der Waals surface area contributed by atoms with Crippen molar-refractivity contribution in [3.63, 3.8) is 0 Å². The molecule has 0 saturated carbocycles. The second-order valence-corrected chi connectivity index (χ2v) is 7.06. The van der Waals surface area contributed by atoms with Crippen LogP contribution in [-0.4, -0.2) is 74.2 Å². The fourth-order valence-electron chi connectivity index (χ4n) is 3.44. The van der Waals surface area contributed by atoms with Crippen LogP contribution in [-0.2, 0) is 14.3 Å². The zero-order valence-electron chi connectivity index (χ0n) is 15.1. The molecule has 2 saturated heterocycles. The van der Waals surface area contributed by atoms with Gasteiger partial charge in [-0.05, 0) is 24.6 Å². The van der Waals surface area contributed by atoms with Crippen molar-refractivity contribution < 1.29 is 19.1 Å². The van der Waals surface area contributed by atoms with E-state index in [1.54, 1.807) is 43.3 Å². The highest BCUT2D eigenvalue weighted by Gasteiger charge is 2.54. The molecule has 2 aliphatic rings. The number of ether oxygens (including phenoxy) is 2. The third-order valence-electron chi connectivity index (χ3n) is 5.09. The van der Waals surface area contributed by atoms with E-state index < -0.39 is 0 Å². The summed E-state index contributed by atoms with van der Waals surface area (Å²) in [5.41, 5.74) is 0.616. The lowest BCUT2D eigenvalue weighted by Gasteiger charge is -2.50. The van der Waals surface area contributed by atoms with Gasteiger partial charge in [0.05, 0.1) is 31.3 Å². The van der Waals surface area contributed by atoms with E-state index in [2.05, 4.69) is 6.07 Å². The van der Waals surface area contributed by atoms with Gasteiger partial charge in [-0.25, -0.2) is 0 Å². The number of nitrogens with zero attached hydrogens (tertiary/aromatic N) is 3. The van der Waals surface area contributed by atoms with E-state index in [1.807, 2.05) is 0 Å². The maximum Gasteiger partial charge on any atom is 0.254 e. The molecule has 0 bridgehead atoms. The Morgan fingerprint density at radius 2 is 2.19 bits per heavy atom. The largest absolute Gasteiger partial charge is 0.371 e. The number of carbonyl (C=O) groups excluding carboxylic acids is 2. The summed E-state index contributed by atoms with van der Waals surface area (Å²) >= 11 is 0. The van der Waals surface area contributed by atoms with Crippen molar-refractivity contribution in [3.05, 3.63) is 35.4 Å². The Hall–Kier alpha value is -2.43. The number of hydrogen-bond acceptors (Lipinski definition) is 5. The second-order valence-electron chi connectivity index (χ2n) is 7.06. The Kier molecular flexibility index (Phi) is 5.25. The van der Waals surface area contributed by atoms with E-state index in [9.17, 15) is 9.59 Å². The van der Waals surface area contributed by atoms with Crippen molar-refractivity contribution in [2.45, 2.75) is 12.0 Å². The molecule has 1 aromatic rings. The van der Waals surface area contributed by atoms with Crippen molar-refractivity contribution >= 4 is 11.8 Å². The van der Waals surface area contributed by atoms with Crippen molar-refractivity contribution in [2.75, 3.05) is 47.0 Å². The lowest BCUT2D eigenvalue weighted by Crippen LogP contribution is -2.66. The molecule has 7 nitrogen and oxygen atoms in total. The number of likely N-dealkylation sites (tertiary alicyclic amines) is 1. The molecule has 0 aliphatic carbocycles. The lowest BCUT2D eigenvalue weighted by atomic mass is 9.81. The monoisotopic (exact) mass is 357 g/mol. The number of benzene rings is 1. The molecule has 0 radical (unpaired) electrons. The summed E-state index contributed by atoms with van der Waals surface area (Å²) in [5.74, 6) is 0.0124. The highest BCUT2D eigenvalue weighted by Crippen LogP contribution is 2.40. The molecule has 2 fully saturated rings. The summed E-state index contributed by atoms with van der Waals surface area (Å²) < 4.78 is 11.5. The number of carbonyl (C=O) groups is 2. The SMILES string of the molecule is CN(C)C(=O)COC[C@H]1CCOC12CN(C(=O)c1cccc(C#N)c1)C2. The zero-order valence-corrected chi connectivity index (χ0v) is 15.1. The fourth-order valence-corrected chi connectivity index (χ4v) is 3.44. The zero-order chi connectivity index (χ0) is 18.7. The molecule has 7 heteroatoms. The first kappa shape index (κ1) is 18.4. The second kappa shape index (κ2) is 7.44. The van der Waals surface area contributed by atoms with Crippen LogP contribution in [0.3, 0.4) is 0 Å². The molecule has 0 aromatic heterocycles. The van der Waals surface area contributed by atoms with Crippen molar-refractivity contribution in [3.8, 4) is 6.07 Å². The number of nitriles is 1. The van der Waals surface area contributed by atoms with Crippen LogP contribution in [0.15, 0.2) is 24.3 Å². The summed E-state index contributed by atoms with van der Waals surface area (Å²) in [6, 6.07) is 8.77. The van der Waals surface area contributed by atoms with Crippen LogP contribution in [0.25, 0.3) is 0 Å². The third kappa shape index (κ3) is 3.57. The van der Waals surface area contributed by atoms with Crippen LogP contribution in [0.5, 0.6) is 0 Å². The Labute approximate surface area is 153 Å². The van der Waals surface area contributed by atoms with Gasteiger partial charge in [0.25, 0.3) is 5.91 Å². The summed E-state index contributed by atoms with van der Waals surface area (Å²) in [6.07, 6.45) is 0.863. The van der Waals surface area contributed by atoms with Crippen LogP contribution in [0.1, 0.15) is 22.3 Å². The first-order valence-corrected chi connectivity index (χ1v) is 8.66. The minimum absolute atomic E-state index is 0.0587. The predicted octanol–water partition coefficient (Wildman–Crippen LogP) is 0.894. The van der Waals surface area contributed by atoms with E-state index in [1.165, 1.54) is 4.90 Å². The maximum absolute atomic E-state index is 12.6. The Bertz CT molecular complexity index is 735. The number of hydrogen-bond donors (Lipinski definition) is 0. The molecule has 2 amide bonds. The van der Waals surface area contributed by atoms with Crippen molar-refractivity contribution in [1.29, 1.82) is 5.26 Å². The smallest absolute Gasteiger partial charge is 0.254 e.